The summed E-state index contributed by atoms with van der Waals surface area (Å²) in [7, 11) is 3.20. The van der Waals surface area contributed by atoms with Crippen LogP contribution in [0.2, 0.25) is 0 Å². The largest absolute Gasteiger partial charge is 0.494 e. The standard InChI is InChI=1S/C21H24N2O4/c1-5-27-17-9-6-15(7-10-17)19-13-18(22-23(19)14(2)24)16-8-11-20(25-3)21(12-16)26-4/h6-12,19H,5,13H2,1-4H3. The van der Waals surface area contributed by atoms with Gasteiger partial charge < -0.3 is 14.2 Å². The molecule has 0 saturated carbocycles. The lowest BCUT2D eigenvalue weighted by Crippen LogP contribution is -2.24. The van der Waals surface area contributed by atoms with Gasteiger partial charge in [-0.3, -0.25) is 4.79 Å². The number of amides is 1. The van der Waals surface area contributed by atoms with Crippen LogP contribution >= 0.6 is 0 Å². The van der Waals surface area contributed by atoms with Gasteiger partial charge in [-0.15, -0.1) is 0 Å². The molecule has 0 radical (unpaired) electrons. The molecule has 1 heterocycles. The van der Waals surface area contributed by atoms with Crippen LogP contribution in [0, 0.1) is 0 Å². The van der Waals surface area contributed by atoms with E-state index in [-0.39, 0.29) is 11.9 Å². The van der Waals surface area contributed by atoms with Crippen LogP contribution in [0.1, 0.15) is 37.4 Å². The third-order valence-electron chi connectivity index (χ3n) is 4.53. The van der Waals surface area contributed by atoms with Crippen molar-refractivity contribution < 1.29 is 19.0 Å². The topological polar surface area (TPSA) is 60.4 Å². The predicted octanol–water partition coefficient (Wildman–Crippen LogP) is 3.80. The molecule has 0 aliphatic carbocycles. The molecule has 2 aromatic rings. The molecule has 0 N–H and O–H groups in total. The minimum Gasteiger partial charge on any atom is -0.494 e. The molecule has 0 spiro atoms. The van der Waals surface area contributed by atoms with Crippen LogP contribution in [0.4, 0.5) is 0 Å². The van der Waals surface area contributed by atoms with Crippen molar-refractivity contribution >= 4 is 11.6 Å². The van der Waals surface area contributed by atoms with Gasteiger partial charge in [0.2, 0.25) is 5.91 Å². The molecule has 0 fully saturated rings. The fourth-order valence-corrected chi connectivity index (χ4v) is 3.20. The molecule has 1 amide bonds. The molecule has 6 nitrogen and oxygen atoms in total. The molecule has 3 rings (SSSR count). The minimum atomic E-state index is -0.138. The van der Waals surface area contributed by atoms with Gasteiger partial charge in [-0.25, -0.2) is 5.01 Å². The number of carbonyl (C=O) groups is 1. The molecule has 2 aromatic carbocycles. The van der Waals surface area contributed by atoms with Crippen LogP contribution < -0.4 is 14.2 Å². The van der Waals surface area contributed by atoms with Crippen LogP contribution in [-0.4, -0.2) is 37.5 Å². The summed E-state index contributed by atoms with van der Waals surface area (Å²) in [6.45, 7) is 4.10. The first-order valence-corrected chi connectivity index (χ1v) is 8.89. The number of carbonyl (C=O) groups excluding carboxylic acids is 1. The lowest BCUT2D eigenvalue weighted by molar-refractivity contribution is -0.130. The highest BCUT2D eigenvalue weighted by atomic mass is 16.5. The van der Waals surface area contributed by atoms with Gasteiger partial charge in [0.1, 0.15) is 5.75 Å². The Labute approximate surface area is 159 Å². The van der Waals surface area contributed by atoms with Crippen molar-refractivity contribution in [2.24, 2.45) is 5.10 Å². The van der Waals surface area contributed by atoms with Gasteiger partial charge in [-0.2, -0.15) is 5.10 Å². The number of benzene rings is 2. The first kappa shape index (κ1) is 18.8. The van der Waals surface area contributed by atoms with E-state index >= 15 is 0 Å². The second-order valence-electron chi connectivity index (χ2n) is 6.20. The minimum absolute atomic E-state index is 0.0932. The fraction of sp³-hybridized carbons (Fsp3) is 0.333. The number of hydrogen-bond acceptors (Lipinski definition) is 5. The Morgan fingerprint density at radius 1 is 1.11 bits per heavy atom. The van der Waals surface area contributed by atoms with Crippen LogP contribution in [0.15, 0.2) is 47.6 Å². The van der Waals surface area contributed by atoms with Crippen LogP contribution in [0.25, 0.3) is 0 Å². The summed E-state index contributed by atoms with van der Waals surface area (Å²) < 4.78 is 16.2. The summed E-state index contributed by atoms with van der Waals surface area (Å²) in [5.41, 5.74) is 2.77. The third kappa shape index (κ3) is 3.89. The number of hydrazone groups is 1. The van der Waals surface area contributed by atoms with Crippen molar-refractivity contribution in [1.29, 1.82) is 0 Å². The molecule has 1 aliphatic heterocycles. The van der Waals surface area contributed by atoms with E-state index in [1.165, 1.54) is 6.92 Å². The highest BCUT2D eigenvalue weighted by Crippen LogP contribution is 2.35. The molecule has 142 valence electrons. The third-order valence-corrected chi connectivity index (χ3v) is 4.53. The second kappa shape index (κ2) is 8.12. The smallest absolute Gasteiger partial charge is 0.240 e. The van der Waals surface area contributed by atoms with Gasteiger partial charge in [0, 0.05) is 18.9 Å². The van der Waals surface area contributed by atoms with E-state index < -0.39 is 0 Å². The molecular formula is C21H24N2O4. The molecule has 0 saturated heterocycles. The lowest BCUT2D eigenvalue weighted by atomic mass is 9.98. The summed E-state index contributed by atoms with van der Waals surface area (Å²) >= 11 is 0. The van der Waals surface area contributed by atoms with E-state index in [9.17, 15) is 4.79 Å². The number of rotatable bonds is 6. The van der Waals surface area contributed by atoms with Crippen molar-refractivity contribution in [3.63, 3.8) is 0 Å². The summed E-state index contributed by atoms with van der Waals surface area (Å²) in [6.07, 6.45) is 0.628. The SMILES string of the molecule is CCOc1ccc(C2CC(c3ccc(OC)c(OC)c3)=NN2C(C)=O)cc1. The molecule has 0 aromatic heterocycles. The Morgan fingerprint density at radius 2 is 1.81 bits per heavy atom. The van der Waals surface area contributed by atoms with Crippen molar-refractivity contribution in [1.82, 2.24) is 5.01 Å². The molecule has 1 aliphatic rings. The highest BCUT2D eigenvalue weighted by Gasteiger charge is 2.31. The zero-order valence-electron chi connectivity index (χ0n) is 16.1. The Bertz CT molecular complexity index is 846. The molecular weight excluding hydrogens is 344 g/mol. The zero-order valence-corrected chi connectivity index (χ0v) is 16.1. The van der Waals surface area contributed by atoms with Gasteiger partial charge in [0.25, 0.3) is 0 Å². The fourth-order valence-electron chi connectivity index (χ4n) is 3.20. The molecule has 27 heavy (non-hydrogen) atoms. The average molecular weight is 368 g/mol. The summed E-state index contributed by atoms with van der Waals surface area (Å²) in [6, 6.07) is 13.3. The maximum atomic E-state index is 12.1. The van der Waals surface area contributed by atoms with Crippen molar-refractivity contribution in [3.8, 4) is 17.2 Å². The number of ether oxygens (including phenoxy) is 3. The van der Waals surface area contributed by atoms with Crippen LogP contribution in [0.3, 0.4) is 0 Å². The van der Waals surface area contributed by atoms with Crippen LogP contribution in [0.5, 0.6) is 17.2 Å². The summed E-state index contributed by atoms with van der Waals surface area (Å²) in [5, 5.41) is 6.12. The predicted molar refractivity (Wildman–Crippen MR) is 104 cm³/mol. The van der Waals surface area contributed by atoms with Gasteiger partial charge in [-0.05, 0) is 42.8 Å². The van der Waals surface area contributed by atoms with Gasteiger partial charge in [-0.1, -0.05) is 12.1 Å². The Hall–Kier alpha value is -3.02. The Balaban J connectivity index is 1.89. The van der Waals surface area contributed by atoms with Gasteiger partial charge in [0.15, 0.2) is 11.5 Å². The number of hydrogen-bond donors (Lipinski definition) is 0. The second-order valence-corrected chi connectivity index (χ2v) is 6.20. The summed E-state index contributed by atoms with van der Waals surface area (Å²) in [4.78, 5) is 12.1. The van der Waals surface area contributed by atoms with Crippen molar-refractivity contribution in [3.05, 3.63) is 53.6 Å². The zero-order chi connectivity index (χ0) is 19.4. The molecule has 1 atom stereocenters. The molecule has 6 heteroatoms. The van der Waals surface area contributed by atoms with E-state index in [2.05, 4.69) is 5.10 Å². The number of nitrogens with zero attached hydrogens (tertiary/aromatic N) is 2. The van der Waals surface area contributed by atoms with E-state index in [1.54, 1.807) is 19.2 Å². The summed E-state index contributed by atoms with van der Waals surface area (Å²) in [5.74, 6) is 2.02. The average Bonchev–Trinajstić information content (AvgIpc) is 3.14. The molecule has 1 unspecified atom stereocenters. The number of methoxy groups -OCH3 is 2. The van der Waals surface area contributed by atoms with E-state index in [0.29, 0.717) is 24.5 Å². The Morgan fingerprint density at radius 3 is 2.41 bits per heavy atom. The highest BCUT2D eigenvalue weighted by molar-refractivity contribution is 6.03. The Kier molecular flexibility index (Phi) is 5.64. The van der Waals surface area contributed by atoms with Gasteiger partial charge >= 0.3 is 0 Å². The maximum absolute atomic E-state index is 12.1. The maximum Gasteiger partial charge on any atom is 0.240 e. The van der Waals surface area contributed by atoms with Crippen molar-refractivity contribution in [2.75, 3.05) is 20.8 Å². The van der Waals surface area contributed by atoms with E-state index in [4.69, 9.17) is 14.2 Å². The van der Waals surface area contributed by atoms with E-state index in [1.807, 2.05) is 49.4 Å². The lowest BCUT2D eigenvalue weighted by Gasteiger charge is -2.20. The molecule has 0 bridgehead atoms. The monoisotopic (exact) mass is 368 g/mol. The van der Waals surface area contributed by atoms with Crippen LogP contribution in [-0.2, 0) is 4.79 Å². The van der Waals surface area contributed by atoms with Gasteiger partial charge in [0.05, 0.1) is 32.6 Å². The van der Waals surface area contributed by atoms with E-state index in [0.717, 1.165) is 22.6 Å². The van der Waals surface area contributed by atoms with Crippen molar-refractivity contribution in [2.45, 2.75) is 26.3 Å². The quantitative estimate of drug-likeness (QED) is 0.778. The normalized spacial score (nSPS) is 16.1. The first-order valence-electron chi connectivity index (χ1n) is 8.89. The first-order chi connectivity index (χ1) is 13.1.